The summed E-state index contributed by atoms with van der Waals surface area (Å²) in [6, 6.07) is 4.07. The van der Waals surface area contributed by atoms with E-state index in [9.17, 15) is 4.39 Å². The molecule has 0 fully saturated rings. The number of rotatable bonds is 6. The van der Waals surface area contributed by atoms with Crippen LogP contribution in [0.4, 0.5) is 4.39 Å². The second-order valence-corrected chi connectivity index (χ2v) is 4.18. The number of nitrogens with zero attached hydrogens (tertiary/aromatic N) is 4. The van der Waals surface area contributed by atoms with E-state index in [-0.39, 0.29) is 5.02 Å². The van der Waals surface area contributed by atoms with E-state index in [2.05, 4.69) is 20.8 Å². The lowest BCUT2D eigenvalue weighted by molar-refractivity contribution is 0.199. The monoisotopic (exact) mass is 285 g/mol. The molecule has 0 saturated carbocycles. The first-order chi connectivity index (χ1) is 9.22. The molecule has 0 bridgehead atoms. The molecule has 1 aromatic carbocycles. The number of nitrogens with one attached hydrogen (secondary N) is 1. The number of benzene rings is 1. The van der Waals surface area contributed by atoms with Crippen LogP contribution in [0.15, 0.2) is 18.2 Å². The Kier molecular flexibility index (Phi) is 4.78. The van der Waals surface area contributed by atoms with Crippen molar-refractivity contribution in [2.75, 3.05) is 20.3 Å². The molecule has 2 aromatic rings. The Morgan fingerprint density at radius 2 is 2.32 bits per heavy atom. The van der Waals surface area contributed by atoms with E-state index in [4.69, 9.17) is 16.3 Å². The fourth-order valence-electron chi connectivity index (χ4n) is 1.53. The molecule has 102 valence electrons. The molecule has 0 spiro atoms. The quantitative estimate of drug-likeness (QED) is 0.808. The molecule has 0 radical (unpaired) electrons. The highest BCUT2D eigenvalue weighted by atomic mass is 35.5. The molecule has 8 heteroatoms. The molecule has 0 aliphatic heterocycles. The molecule has 2 rings (SSSR count). The smallest absolute Gasteiger partial charge is 0.170 e. The first-order valence-corrected chi connectivity index (χ1v) is 6.02. The average molecular weight is 286 g/mol. The van der Waals surface area contributed by atoms with E-state index in [1.54, 1.807) is 7.11 Å². The highest BCUT2D eigenvalue weighted by Gasteiger charge is 2.11. The van der Waals surface area contributed by atoms with Gasteiger partial charge in [-0.1, -0.05) is 11.6 Å². The first kappa shape index (κ1) is 13.9. The lowest BCUT2D eigenvalue weighted by Crippen LogP contribution is -2.21. The van der Waals surface area contributed by atoms with E-state index in [1.165, 1.54) is 22.9 Å². The molecule has 0 atom stereocenters. The van der Waals surface area contributed by atoms with Gasteiger partial charge in [0.25, 0.3) is 0 Å². The van der Waals surface area contributed by atoms with E-state index in [0.717, 1.165) is 0 Å². The Balaban J connectivity index is 2.14. The van der Waals surface area contributed by atoms with Crippen molar-refractivity contribution in [3.05, 3.63) is 34.9 Å². The van der Waals surface area contributed by atoms with E-state index in [0.29, 0.717) is 31.2 Å². The summed E-state index contributed by atoms with van der Waals surface area (Å²) in [5.74, 6) is 0.186. The molecule has 1 heterocycles. The van der Waals surface area contributed by atoms with Crippen molar-refractivity contribution in [3.63, 3.8) is 0 Å². The summed E-state index contributed by atoms with van der Waals surface area (Å²) < 4.78 is 19.4. The van der Waals surface area contributed by atoms with Crippen LogP contribution in [-0.2, 0) is 11.3 Å². The van der Waals surface area contributed by atoms with Crippen molar-refractivity contribution in [2.45, 2.75) is 6.54 Å². The Labute approximate surface area is 114 Å². The molecular weight excluding hydrogens is 273 g/mol. The average Bonchev–Trinajstić information content (AvgIpc) is 2.83. The van der Waals surface area contributed by atoms with Crippen LogP contribution < -0.4 is 5.32 Å². The van der Waals surface area contributed by atoms with Gasteiger partial charge >= 0.3 is 0 Å². The van der Waals surface area contributed by atoms with E-state index < -0.39 is 5.82 Å². The summed E-state index contributed by atoms with van der Waals surface area (Å²) in [5.41, 5.74) is 0.539. The molecule has 0 aliphatic carbocycles. The Morgan fingerprint density at radius 3 is 3.05 bits per heavy atom. The van der Waals surface area contributed by atoms with Gasteiger partial charge in [-0.05, 0) is 28.6 Å². The highest BCUT2D eigenvalue weighted by Crippen LogP contribution is 2.21. The van der Waals surface area contributed by atoms with Gasteiger partial charge in [0.1, 0.15) is 5.82 Å². The molecule has 1 N–H and O–H groups in total. The van der Waals surface area contributed by atoms with Crippen molar-refractivity contribution < 1.29 is 9.13 Å². The third-order valence-corrected chi connectivity index (χ3v) is 2.74. The largest absolute Gasteiger partial charge is 0.383 e. The van der Waals surface area contributed by atoms with Crippen molar-refractivity contribution in [3.8, 4) is 5.69 Å². The van der Waals surface area contributed by atoms with Crippen LogP contribution in [0.1, 0.15) is 5.82 Å². The second kappa shape index (κ2) is 6.55. The number of methoxy groups -OCH3 is 1. The van der Waals surface area contributed by atoms with Crippen molar-refractivity contribution in [1.82, 2.24) is 25.5 Å². The number of halogens is 2. The number of hydrogen-bond donors (Lipinski definition) is 1. The van der Waals surface area contributed by atoms with Gasteiger partial charge in [-0.3, -0.25) is 0 Å². The lowest BCUT2D eigenvalue weighted by atomic mass is 10.3. The molecule has 0 amide bonds. The fraction of sp³-hybridized carbons (Fsp3) is 0.364. The summed E-state index contributed by atoms with van der Waals surface area (Å²) in [6.07, 6.45) is 0. The van der Waals surface area contributed by atoms with Crippen molar-refractivity contribution >= 4 is 11.6 Å². The maximum Gasteiger partial charge on any atom is 0.170 e. The number of tetrazole rings is 1. The van der Waals surface area contributed by atoms with Gasteiger partial charge in [0.2, 0.25) is 0 Å². The van der Waals surface area contributed by atoms with Gasteiger partial charge in [0, 0.05) is 13.7 Å². The van der Waals surface area contributed by atoms with Crippen LogP contribution in [0.2, 0.25) is 5.02 Å². The minimum Gasteiger partial charge on any atom is -0.383 e. The Hall–Kier alpha value is -1.57. The highest BCUT2D eigenvalue weighted by molar-refractivity contribution is 6.32. The Bertz CT molecular complexity index is 548. The summed E-state index contributed by atoms with van der Waals surface area (Å²) in [4.78, 5) is 0. The zero-order chi connectivity index (χ0) is 13.7. The topological polar surface area (TPSA) is 64.9 Å². The summed E-state index contributed by atoms with van der Waals surface area (Å²) in [6.45, 7) is 1.74. The van der Waals surface area contributed by atoms with Gasteiger partial charge in [0.05, 0.1) is 23.9 Å². The SMILES string of the molecule is COCCNCc1nnnn1-c1ccc(F)cc1Cl. The molecule has 0 saturated heterocycles. The predicted octanol–water partition coefficient (Wildman–Crippen LogP) is 1.19. The van der Waals surface area contributed by atoms with Crippen molar-refractivity contribution in [1.29, 1.82) is 0 Å². The summed E-state index contributed by atoms with van der Waals surface area (Å²) in [5, 5.41) is 14.7. The van der Waals surface area contributed by atoms with E-state index in [1.807, 2.05) is 0 Å². The standard InChI is InChI=1S/C11H13ClFN5O/c1-19-5-4-14-7-11-15-16-17-18(11)10-3-2-8(13)6-9(10)12/h2-3,6,14H,4-5,7H2,1H3. The minimum absolute atomic E-state index is 0.255. The van der Waals surface area contributed by atoms with Crippen LogP contribution >= 0.6 is 11.6 Å². The zero-order valence-corrected chi connectivity index (χ0v) is 11.1. The molecule has 19 heavy (non-hydrogen) atoms. The molecular formula is C11H13ClFN5O. The zero-order valence-electron chi connectivity index (χ0n) is 10.3. The molecule has 0 aliphatic rings. The second-order valence-electron chi connectivity index (χ2n) is 3.77. The molecule has 0 unspecified atom stereocenters. The van der Waals surface area contributed by atoms with Gasteiger partial charge in [0.15, 0.2) is 5.82 Å². The van der Waals surface area contributed by atoms with Gasteiger partial charge in [-0.2, -0.15) is 4.68 Å². The lowest BCUT2D eigenvalue weighted by Gasteiger charge is -2.07. The van der Waals surface area contributed by atoms with Crippen LogP contribution in [-0.4, -0.2) is 40.5 Å². The van der Waals surface area contributed by atoms with E-state index >= 15 is 0 Å². The maximum absolute atomic E-state index is 13.0. The Morgan fingerprint density at radius 1 is 1.47 bits per heavy atom. The van der Waals surface area contributed by atoms with Crippen molar-refractivity contribution in [2.24, 2.45) is 0 Å². The maximum atomic E-state index is 13.0. The summed E-state index contributed by atoms with van der Waals surface area (Å²) >= 11 is 5.98. The normalized spacial score (nSPS) is 10.9. The fourth-order valence-corrected chi connectivity index (χ4v) is 1.78. The van der Waals surface area contributed by atoms with Gasteiger partial charge in [-0.15, -0.1) is 5.10 Å². The van der Waals surface area contributed by atoms with Crippen LogP contribution in [0.3, 0.4) is 0 Å². The van der Waals surface area contributed by atoms with Crippen LogP contribution in [0, 0.1) is 5.82 Å². The molecule has 1 aromatic heterocycles. The van der Waals surface area contributed by atoms with Crippen LogP contribution in [0.5, 0.6) is 0 Å². The molecule has 6 nitrogen and oxygen atoms in total. The van der Waals surface area contributed by atoms with Gasteiger partial charge in [-0.25, -0.2) is 4.39 Å². The third kappa shape index (κ3) is 3.46. The predicted molar refractivity (Wildman–Crippen MR) is 67.7 cm³/mol. The number of aromatic nitrogens is 4. The minimum atomic E-state index is -0.401. The first-order valence-electron chi connectivity index (χ1n) is 5.64. The number of ether oxygens (including phenoxy) is 1. The third-order valence-electron chi connectivity index (χ3n) is 2.44. The number of hydrogen-bond acceptors (Lipinski definition) is 5. The van der Waals surface area contributed by atoms with Crippen LogP contribution in [0.25, 0.3) is 5.69 Å². The summed E-state index contributed by atoms with van der Waals surface area (Å²) in [7, 11) is 1.63. The van der Waals surface area contributed by atoms with Gasteiger partial charge < -0.3 is 10.1 Å².